The van der Waals surface area contributed by atoms with Gasteiger partial charge in [-0.1, -0.05) is 149 Å². The van der Waals surface area contributed by atoms with E-state index in [-0.39, 0.29) is 11.5 Å². The third-order valence-corrected chi connectivity index (χ3v) is 8.67. The van der Waals surface area contributed by atoms with Crippen molar-refractivity contribution in [3.8, 4) is 5.75 Å². The Hall–Kier alpha value is -1.51. The average Bonchev–Trinajstić information content (AvgIpc) is 2.87. The molecule has 0 aliphatic heterocycles. The number of unbranched alkanes of at least 4 members (excludes halogenated alkanes) is 15. The van der Waals surface area contributed by atoms with Crippen molar-refractivity contribution in [1.82, 2.24) is 5.32 Å². The molecule has 1 aliphatic rings. The second kappa shape index (κ2) is 18.7. The fourth-order valence-electron chi connectivity index (χ4n) is 6.57. The highest BCUT2D eigenvalue weighted by Gasteiger charge is 2.36. The highest BCUT2D eigenvalue weighted by Crippen LogP contribution is 2.45. The number of hydrogen-bond donors (Lipinski definition) is 1. The van der Waals surface area contributed by atoms with E-state index in [9.17, 15) is 4.79 Å². The molecule has 218 valence electrons. The molecule has 1 unspecified atom stereocenters. The lowest BCUT2D eigenvalue weighted by molar-refractivity contribution is 0.0969. The van der Waals surface area contributed by atoms with Crippen LogP contribution in [0.1, 0.15) is 162 Å². The van der Waals surface area contributed by atoms with Crippen molar-refractivity contribution in [2.45, 2.75) is 163 Å². The van der Waals surface area contributed by atoms with Gasteiger partial charge in [-0.3, -0.25) is 0 Å². The molecule has 1 atom stereocenters. The number of amides is 1. The third kappa shape index (κ3) is 14.6. The van der Waals surface area contributed by atoms with E-state index in [1.54, 1.807) is 0 Å². The molecule has 0 heterocycles. The molecular weight excluding hydrogens is 466 g/mol. The van der Waals surface area contributed by atoms with Crippen LogP contribution in [0, 0.1) is 10.8 Å². The molecule has 38 heavy (non-hydrogen) atoms. The Bertz CT molecular complexity index is 758. The van der Waals surface area contributed by atoms with Gasteiger partial charge in [0.25, 0.3) is 0 Å². The van der Waals surface area contributed by atoms with Crippen LogP contribution in [-0.4, -0.2) is 12.6 Å². The Morgan fingerprint density at radius 1 is 0.763 bits per heavy atom. The normalized spacial score (nSPS) is 18.8. The van der Waals surface area contributed by atoms with Crippen molar-refractivity contribution < 1.29 is 9.53 Å². The van der Waals surface area contributed by atoms with Gasteiger partial charge in [-0.2, -0.15) is 0 Å². The van der Waals surface area contributed by atoms with Crippen molar-refractivity contribution in [1.29, 1.82) is 0 Å². The van der Waals surface area contributed by atoms with Crippen molar-refractivity contribution in [3.63, 3.8) is 0 Å². The summed E-state index contributed by atoms with van der Waals surface area (Å²) < 4.78 is 5.76. The molecule has 0 spiro atoms. The minimum absolute atomic E-state index is 0.161. The Balaban J connectivity index is 1.51. The molecule has 1 saturated carbocycles. The second-order valence-corrected chi connectivity index (χ2v) is 13.4. The summed E-state index contributed by atoms with van der Waals surface area (Å²) in [7, 11) is 0. The number of rotatable bonds is 20. The Labute approximate surface area is 236 Å². The monoisotopic (exact) mass is 527 g/mol. The van der Waals surface area contributed by atoms with Crippen molar-refractivity contribution >= 4 is 6.09 Å². The summed E-state index contributed by atoms with van der Waals surface area (Å²) in [6.07, 6.45) is 27.6. The Morgan fingerprint density at radius 3 is 1.84 bits per heavy atom. The fourth-order valence-corrected chi connectivity index (χ4v) is 6.57. The van der Waals surface area contributed by atoms with Crippen LogP contribution in [0.25, 0.3) is 0 Å². The highest BCUT2D eigenvalue weighted by atomic mass is 16.6. The van der Waals surface area contributed by atoms with Crippen LogP contribution < -0.4 is 10.1 Å². The zero-order chi connectivity index (χ0) is 27.5. The van der Waals surface area contributed by atoms with Gasteiger partial charge in [0.05, 0.1) is 0 Å². The third-order valence-electron chi connectivity index (χ3n) is 8.67. The summed E-state index contributed by atoms with van der Waals surface area (Å²) in [4.78, 5) is 12.6. The topological polar surface area (TPSA) is 38.3 Å². The Kier molecular flexibility index (Phi) is 16.1. The Morgan fingerprint density at radius 2 is 1.29 bits per heavy atom. The molecular formula is C35H61NO2. The largest absolute Gasteiger partial charge is 0.412 e. The van der Waals surface area contributed by atoms with E-state index in [1.807, 2.05) is 12.1 Å². The standard InChI is InChI=1S/C35H61NO2/c1-5-6-7-8-9-10-11-12-13-14-15-16-17-18-19-20-24-31-25-21-22-26-32(31)38-33(37)36-30-35(4)28-23-27-34(2,3)29-35/h21-22,25-26H,5-20,23-24,27-30H2,1-4H3,(H,36,37). The maximum absolute atomic E-state index is 12.6. The minimum Gasteiger partial charge on any atom is -0.410 e. The molecule has 3 heteroatoms. The molecule has 1 aromatic carbocycles. The van der Waals surface area contributed by atoms with Crippen molar-refractivity contribution in [3.05, 3.63) is 29.8 Å². The number of carbonyl (C=O) groups is 1. The summed E-state index contributed by atoms with van der Waals surface area (Å²) in [6.45, 7) is 9.98. The first-order chi connectivity index (χ1) is 18.3. The quantitative estimate of drug-likeness (QED) is 0.171. The molecule has 1 N–H and O–H groups in total. The number of aryl methyl sites for hydroxylation is 1. The first-order valence-electron chi connectivity index (χ1n) is 16.4. The van der Waals surface area contributed by atoms with Crippen LogP contribution in [-0.2, 0) is 6.42 Å². The van der Waals surface area contributed by atoms with Crippen molar-refractivity contribution in [2.75, 3.05) is 6.54 Å². The minimum atomic E-state index is -0.311. The molecule has 0 bridgehead atoms. The van der Waals surface area contributed by atoms with Crippen molar-refractivity contribution in [2.24, 2.45) is 10.8 Å². The van der Waals surface area contributed by atoms with E-state index < -0.39 is 0 Å². The zero-order valence-corrected chi connectivity index (χ0v) is 25.7. The maximum atomic E-state index is 12.6. The molecule has 2 rings (SSSR count). The van der Waals surface area contributed by atoms with Gasteiger partial charge in [0, 0.05) is 6.54 Å². The smallest absolute Gasteiger partial charge is 0.410 e. The number of ether oxygens (including phenoxy) is 1. The summed E-state index contributed by atoms with van der Waals surface area (Å²) >= 11 is 0. The molecule has 0 aromatic heterocycles. The number of nitrogens with one attached hydrogen (secondary N) is 1. The number of hydrogen-bond acceptors (Lipinski definition) is 2. The molecule has 1 amide bonds. The molecule has 1 fully saturated rings. The number of carbonyl (C=O) groups excluding carboxylic acids is 1. The first kappa shape index (κ1) is 32.7. The van der Waals surface area contributed by atoms with Gasteiger partial charge in [-0.05, 0) is 54.6 Å². The van der Waals surface area contributed by atoms with E-state index in [2.05, 4.69) is 45.1 Å². The first-order valence-corrected chi connectivity index (χ1v) is 16.4. The van der Waals surface area contributed by atoms with Crippen LogP contribution in [0.5, 0.6) is 5.75 Å². The van der Waals surface area contributed by atoms with Crippen LogP contribution in [0.2, 0.25) is 0 Å². The molecule has 1 aromatic rings. The summed E-state index contributed by atoms with van der Waals surface area (Å²) in [5.74, 6) is 0.722. The van der Waals surface area contributed by atoms with E-state index in [0.29, 0.717) is 12.0 Å². The lowest BCUT2D eigenvalue weighted by Crippen LogP contribution is -2.41. The lowest BCUT2D eigenvalue weighted by Gasteiger charge is -2.42. The van der Waals surface area contributed by atoms with Gasteiger partial charge in [0.2, 0.25) is 0 Å². The SMILES string of the molecule is CCCCCCCCCCCCCCCCCCc1ccccc1OC(=O)NCC1(C)CCCC(C)(C)C1. The summed E-state index contributed by atoms with van der Waals surface area (Å²) in [6, 6.07) is 8.06. The van der Waals surface area contributed by atoms with Crippen LogP contribution in [0.4, 0.5) is 4.79 Å². The second-order valence-electron chi connectivity index (χ2n) is 13.4. The maximum Gasteiger partial charge on any atom is 0.412 e. The molecule has 3 nitrogen and oxygen atoms in total. The van der Waals surface area contributed by atoms with E-state index in [0.717, 1.165) is 30.6 Å². The van der Waals surface area contributed by atoms with Crippen LogP contribution in [0.15, 0.2) is 24.3 Å². The van der Waals surface area contributed by atoms with E-state index in [1.165, 1.54) is 116 Å². The lowest BCUT2D eigenvalue weighted by atomic mass is 9.64. The predicted octanol–water partition coefficient (Wildman–Crippen LogP) is 11.2. The molecule has 0 radical (unpaired) electrons. The van der Waals surface area contributed by atoms with Gasteiger partial charge in [-0.15, -0.1) is 0 Å². The summed E-state index contributed by atoms with van der Waals surface area (Å²) in [5, 5.41) is 3.07. The van der Waals surface area contributed by atoms with Gasteiger partial charge in [0.1, 0.15) is 5.75 Å². The van der Waals surface area contributed by atoms with Gasteiger partial charge < -0.3 is 10.1 Å². The predicted molar refractivity (Wildman–Crippen MR) is 164 cm³/mol. The fraction of sp³-hybridized carbons (Fsp3) is 0.800. The van der Waals surface area contributed by atoms with Gasteiger partial charge in [0.15, 0.2) is 0 Å². The van der Waals surface area contributed by atoms with Gasteiger partial charge >= 0.3 is 6.09 Å². The van der Waals surface area contributed by atoms with Crippen LogP contribution >= 0.6 is 0 Å². The zero-order valence-electron chi connectivity index (χ0n) is 25.7. The van der Waals surface area contributed by atoms with E-state index in [4.69, 9.17) is 4.74 Å². The molecule has 0 saturated heterocycles. The molecule has 1 aliphatic carbocycles. The number of benzene rings is 1. The van der Waals surface area contributed by atoms with E-state index >= 15 is 0 Å². The summed E-state index contributed by atoms with van der Waals surface area (Å²) in [5.41, 5.74) is 1.67. The van der Waals surface area contributed by atoms with Crippen LogP contribution in [0.3, 0.4) is 0 Å². The number of para-hydroxylation sites is 1. The average molecular weight is 528 g/mol. The van der Waals surface area contributed by atoms with Gasteiger partial charge in [-0.25, -0.2) is 4.79 Å². The highest BCUT2D eigenvalue weighted by molar-refractivity contribution is 5.70.